The fraction of sp³-hybridized carbons (Fsp3) is 0.234. The molecule has 12 nitrogen and oxygen atoms in total. The molecule has 4 aliphatic heterocycles. The van der Waals surface area contributed by atoms with Crippen LogP contribution in [0.3, 0.4) is 0 Å². The summed E-state index contributed by atoms with van der Waals surface area (Å²) in [7, 11) is 1.68. The highest BCUT2D eigenvalue weighted by atomic mass is 32.2. The Labute approximate surface area is 520 Å². The SMILES string of the molecule is C#CCCC(=O)OCCOc1ccc2c(=C3SC=CS3)c3cc(OCc4cc(OC)c(COc5ccc6c(=C7SC=CS7)c7cc(OCCN=[N+]=[N-])ccc7c(=C7SC=CS7)c6c5)cc4OC(C)CC(C)CN)ccc3c(=C3SC=CS3)c2c1. The molecular formula is C64H56N4O8S8. The van der Waals surface area contributed by atoms with Gasteiger partial charge in [0.15, 0.2) is 0 Å². The molecule has 84 heavy (non-hydrogen) atoms. The number of benzene rings is 7. The number of hydrogen-bond donors (Lipinski definition) is 1. The van der Waals surface area contributed by atoms with E-state index in [2.05, 4.69) is 122 Å². The van der Waals surface area contributed by atoms with Gasteiger partial charge >= 0.3 is 5.97 Å². The van der Waals surface area contributed by atoms with Gasteiger partial charge in [-0.2, -0.15) is 0 Å². The number of carbonyl (C=O) groups is 1. The lowest BCUT2D eigenvalue weighted by atomic mass is 9.98. The molecule has 0 fully saturated rings. The molecule has 0 spiro atoms. The van der Waals surface area contributed by atoms with Crippen LogP contribution in [-0.4, -0.2) is 52.1 Å². The Morgan fingerprint density at radius 2 is 0.976 bits per heavy atom. The molecule has 2 unspecified atom stereocenters. The molecule has 11 rings (SSSR count). The molecule has 4 aliphatic rings. The Morgan fingerprint density at radius 1 is 0.571 bits per heavy atom. The Kier molecular flexibility index (Phi) is 20.2. The molecule has 0 amide bonds. The van der Waals surface area contributed by atoms with Gasteiger partial charge in [0.25, 0.3) is 0 Å². The molecule has 20 heteroatoms. The molecule has 0 saturated heterocycles. The van der Waals surface area contributed by atoms with E-state index in [1.807, 2.05) is 36.4 Å². The molecule has 0 aliphatic carbocycles. The first kappa shape index (κ1) is 59.6. The normalized spacial score (nSPS) is 15.1. The van der Waals surface area contributed by atoms with Gasteiger partial charge in [0, 0.05) is 43.3 Å². The Hall–Kier alpha value is -6.08. The number of rotatable bonds is 22. The van der Waals surface area contributed by atoms with E-state index in [-0.39, 0.29) is 64.0 Å². The minimum Gasteiger partial charge on any atom is -0.496 e. The van der Waals surface area contributed by atoms with Crippen LogP contribution >= 0.6 is 94.1 Å². The van der Waals surface area contributed by atoms with E-state index < -0.39 is 0 Å². The van der Waals surface area contributed by atoms with Gasteiger partial charge < -0.3 is 38.9 Å². The van der Waals surface area contributed by atoms with Gasteiger partial charge in [-0.25, -0.2) is 0 Å². The Balaban J connectivity index is 0.928. The maximum atomic E-state index is 12.1. The number of ether oxygens (including phenoxy) is 7. The van der Waals surface area contributed by atoms with Crippen LogP contribution in [0, 0.1) is 18.3 Å². The van der Waals surface area contributed by atoms with Crippen molar-refractivity contribution in [2.45, 2.75) is 52.4 Å². The zero-order valence-corrected chi connectivity index (χ0v) is 52.5. The number of thioether (sulfide) groups is 8. The maximum Gasteiger partial charge on any atom is 0.306 e. The number of nitrogens with two attached hydrogens (primary N) is 1. The molecule has 428 valence electrons. The van der Waals surface area contributed by atoms with Gasteiger partial charge in [-0.05, 0) is 203 Å². The minimum atomic E-state index is -0.337. The van der Waals surface area contributed by atoms with E-state index in [0.717, 1.165) is 81.5 Å². The van der Waals surface area contributed by atoms with Crippen molar-refractivity contribution in [2.24, 2.45) is 16.8 Å². The van der Waals surface area contributed by atoms with E-state index in [0.29, 0.717) is 47.5 Å². The van der Waals surface area contributed by atoms with Crippen LogP contribution < -0.4 is 55.0 Å². The van der Waals surface area contributed by atoms with Crippen molar-refractivity contribution in [3.05, 3.63) is 171 Å². The van der Waals surface area contributed by atoms with Gasteiger partial charge in [-0.1, -0.05) is 106 Å². The van der Waals surface area contributed by atoms with Crippen LogP contribution in [0.15, 0.2) is 133 Å². The number of azide groups is 1. The highest BCUT2D eigenvalue weighted by Gasteiger charge is 2.22. The molecule has 0 radical (unpaired) electrons. The predicted octanol–water partition coefficient (Wildman–Crippen LogP) is 15.3. The van der Waals surface area contributed by atoms with E-state index in [1.165, 1.54) is 16.9 Å². The van der Waals surface area contributed by atoms with Gasteiger partial charge in [-0.3, -0.25) is 4.79 Å². The predicted molar refractivity (Wildman–Crippen MR) is 361 cm³/mol. The third-order valence-electron chi connectivity index (χ3n) is 13.9. The summed E-state index contributed by atoms with van der Waals surface area (Å²) in [6.45, 7) is 6.02. The molecule has 2 atom stereocenters. The van der Waals surface area contributed by atoms with Crippen molar-refractivity contribution < 1.29 is 38.0 Å². The van der Waals surface area contributed by atoms with Crippen LogP contribution in [-0.2, 0) is 22.7 Å². The minimum absolute atomic E-state index is 0.125. The topological polar surface area (TPSA) is 156 Å². The van der Waals surface area contributed by atoms with Crippen molar-refractivity contribution in [2.75, 3.05) is 40.0 Å². The van der Waals surface area contributed by atoms with Gasteiger partial charge in [0.05, 0.1) is 49.7 Å². The number of esters is 1. The Bertz CT molecular complexity index is 4190. The molecule has 7 aromatic rings. The van der Waals surface area contributed by atoms with Crippen LogP contribution in [0.5, 0.6) is 34.5 Å². The van der Waals surface area contributed by atoms with Gasteiger partial charge in [0.1, 0.15) is 60.9 Å². The highest BCUT2D eigenvalue weighted by Crippen LogP contribution is 2.44. The average molecular weight is 1270 g/mol. The quantitative estimate of drug-likeness (QED) is 0.0130. The number of carbonyl (C=O) groups excluding carboxylic acids is 1. The molecular weight excluding hydrogens is 1210 g/mol. The first-order chi connectivity index (χ1) is 41.2. The van der Waals surface area contributed by atoms with Crippen LogP contribution in [0.2, 0.25) is 0 Å². The molecule has 2 N–H and O–H groups in total. The molecule has 4 heterocycles. The van der Waals surface area contributed by atoms with Crippen molar-refractivity contribution in [3.8, 4) is 46.8 Å². The maximum absolute atomic E-state index is 12.1. The summed E-state index contributed by atoms with van der Waals surface area (Å²) >= 11 is 13.7. The number of hydrogen-bond acceptors (Lipinski definition) is 18. The van der Waals surface area contributed by atoms with Gasteiger partial charge in [0.2, 0.25) is 0 Å². The van der Waals surface area contributed by atoms with Crippen LogP contribution in [0.1, 0.15) is 44.2 Å². The fourth-order valence-corrected chi connectivity index (χ4v) is 17.8. The summed E-state index contributed by atoms with van der Waals surface area (Å²) in [6.07, 6.45) is 6.47. The standard InChI is InChI=1S/C64H56N4O8S8/c1-5-6-7-56(69)73-19-18-72-43-9-13-47-51(32-43)58(62-79-22-23-80-62)49-15-11-45(34-53(49)60(47)64-83-26-27-84-64)75-37-41-29-54(70-4)40(30-55(41)76-39(3)28-38(2)35-65)36-74-44-10-14-48-52(33-44)59(63-81-24-25-82-63)46-12-8-42(71-17-16-67-68-66)31-50(46)57(48)61-77-20-21-78-61/h1,8-15,20-27,29-34,38-39H,6-7,16-19,28,35-37,65H2,2-4H3. The highest BCUT2D eigenvalue weighted by molar-refractivity contribution is 8.36. The van der Waals surface area contributed by atoms with Crippen molar-refractivity contribution in [1.29, 1.82) is 0 Å². The first-order valence-corrected chi connectivity index (χ1v) is 33.9. The second-order valence-corrected chi connectivity index (χ2v) is 27.8. The summed E-state index contributed by atoms with van der Waals surface area (Å²) in [5.74, 6) is 6.53. The van der Waals surface area contributed by atoms with Crippen LogP contribution in [0.4, 0.5) is 0 Å². The van der Waals surface area contributed by atoms with E-state index in [4.69, 9.17) is 50.8 Å². The van der Waals surface area contributed by atoms with Gasteiger partial charge in [-0.15, -0.1) is 12.3 Å². The van der Waals surface area contributed by atoms with Crippen molar-refractivity contribution in [3.63, 3.8) is 0 Å². The smallest absolute Gasteiger partial charge is 0.306 e. The van der Waals surface area contributed by atoms with E-state index in [9.17, 15) is 4.79 Å². The number of methoxy groups -OCH3 is 1. The lowest BCUT2D eigenvalue weighted by Gasteiger charge is -2.22. The zero-order chi connectivity index (χ0) is 57.9. The third kappa shape index (κ3) is 13.6. The molecule has 0 aromatic heterocycles. The molecule has 0 saturated carbocycles. The first-order valence-electron chi connectivity index (χ1n) is 26.9. The number of nitrogens with zero attached hydrogens (tertiary/aromatic N) is 3. The number of fused-ring (bicyclic) bond motifs is 4. The summed E-state index contributed by atoms with van der Waals surface area (Å²) in [6, 6.07) is 29.2. The van der Waals surface area contributed by atoms with E-state index in [1.54, 1.807) is 101 Å². The Morgan fingerprint density at radius 3 is 1.38 bits per heavy atom. The third-order valence-corrected chi connectivity index (χ3v) is 22.4. The lowest BCUT2D eigenvalue weighted by Crippen LogP contribution is -2.21. The summed E-state index contributed by atoms with van der Waals surface area (Å²) in [5.41, 5.74) is 16.6. The zero-order valence-electron chi connectivity index (χ0n) is 46.0. The van der Waals surface area contributed by atoms with E-state index >= 15 is 0 Å². The average Bonchev–Trinajstić information content (AvgIpc) is 3.51. The second kappa shape index (κ2) is 28.4. The summed E-state index contributed by atoms with van der Waals surface area (Å²) < 4.78 is 49.0. The number of terminal acetylenes is 1. The summed E-state index contributed by atoms with van der Waals surface area (Å²) in [4.78, 5) is 15.0. The van der Waals surface area contributed by atoms with Crippen LogP contribution in [0.25, 0.3) is 70.5 Å². The largest absolute Gasteiger partial charge is 0.496 e. The second-order valence-electron chi connectivity index (χ2n) is 19.4. The lowest BCUT2D eigenvalue weighted by molar-refractivity contribution is -0.144. The van der Waals surface area contributed by atoms with Crippen molar-refractivity contribution in [1.82, 2.24) is 0 Å². The molecule has 0 bridgehead atoms. The molecule has 7 aromatic carbocycles. The monoisotopic (exact) mass is 1260 g/mol. The summed E-state index contributed by atoms with van der Waals surface area (Å²) in [5, 5.41) is 33.8. The fourth-order valence-electron chi connectivity index (χ4n) is 10.1. The van der Waals surface area contributed by atoms with Crippen molar-refractivity contribution >= 4 is 160 Å².